The number of hydrogen-bond donors (Lipinski definition) is 1. The topological polar surface area (TPSA) is 107 Å². The van der Waals surface area contributed by atoms with Gasteiger partial charge < -0.3 is 5.32 Å². The Labute approximate surface area is 160 Å². The zero-order chi connectivity index (χ0) is 19.4. The molecule has 27 heavy (non-hydrogen) atoms. The largest absolute Gasteiger partial charge is 0.324 e. The number of aryl methyl sites for hydroxylation is 1. The highest BCUT2D eigenvalue weighted by atomic mass is 32.2. The van der Waals surface area contributed by atoms with Crippen molar-refractivity contribution in [2.24, 2.45) is 0 Å². The maximum Gasteiger partial charge on any atom is 0.234 e. The molecule has 1 amide bonds. The first-order valence-corrected chi connectivity index (χ1v) is 10.8. The summed E-state index contributed by atoms with van der Waals surface area (Å²) in [5, 5.41) is 14.7. The molecule has 0 aliphatic carbocycles. The number of aromatic nitrogens is 4. The molecule has 0 atom stereocenters. The van der Waals surface area contributed by atoms with Crippen molar-refractivity contribution < 1.29 is 13.2 Å². The fourth-order valence-corrected chi connectivity index (χ4v) is 3.96. The smallest absolute Gasteiger partial charge is 0.234 e. The Morgan fingerprint density at radius 1 is 1.15 bits per heavy atom. The molecule has 0 fully saturated rings. The average molecular weight is 403 g/mol. The predicted molar refractivity (Wildman–Crippen MR) is 103 cm³/mol. The van der Waals surface area contributed by atoms with E-state index in [1.54, 1.807) is 22.9 Å². The van der Waals surface area contributed by atoms with Crippen LogP contribution in [0.2, 0.25) is 0 Å². The highest BCUT2D eigenvalue weighted by Gasteiger charge is 2.16. The lowest BCUT2D eigenvalue weighted by molar-refractivity contribution is -0.113. The lowest BCUT2D eigenvalue weighted by Gasteiger charge is -2.10. The van der Waals surface area contributed by atoms with E-state index in [2.05, 4.69) is 20.8 Å². The number of amides is 1. The van der Waals surface area contributed by atoms with Gasteiger partial charge in [-0.1, -0.05) is 42.1 Å². The minimum absolute atomic E-state index is 0.0321. The molecule has 3 aromatic rings. The van der Waals surface area contributed by atoms with Crippen LogP contribution in [0.15, 0.2) is 58.6 Å². The van der Waals surface area contributed by atoms with Crippen molar-refractivity contribution >= 4 is 33.2 Å². The molecular weight excluding hydrogens is 386 g/mol. The molecule has 0 aliphatic heterocycles. The molecule has 1 heterocycles. The second-order valence-corrected chi connectivity index (χ2v) is 8.69. The molecule has 0 saturated carbocycles. The third-order valence-electron chi connectivity index (χ3n) is 3.68. The normalized spacial score (nSPS) is 11.3. The van der Waals surface area contributed by atoms with Gasteiger partial charge in [-0.3, -0.25) is 4.79 Å². The fourth-order valence-electron chi connectivity index (χ4n) is 2.43. The number of hydrogen-bond acceptors (Lipinski definition) is 7. The Balaban J connectivity index is 1.72. The highest BCUT2D eigenvalue weighted by Crippen LogP contribution is 2.23. The fraction of sp³-hybridized carbons (Fsp3) is 0.176. The predicted octanol–water partition coefficient (Wildman–Crippen LogP) is 2.11. The standard InChI is InChI=1S/C17H17N5O3S2/c1-12-7-3-5-9-14(12)22-17(19-20-21-22)26-11-16(23)18-13-8-4-6-10-15(13)27(2,24)25/h3-10H,11H2,1-2H3,(H,18,23). The Hall–Kier alpha value is -2.72. The van der Waals surface area contributed by atoms with Crippen molar-refractivity contribution in [1.29, 1.82) is 0 Å². The minimum Gasteiger partial charge on any atom is -0.324 e. The molecule has 3 rings (SSSR count). The van der Waals surface area contributed by atoms with Gasteiger partial charge in [0.05, 0.1) is 22.0 Å². The van der Waals surface area contributed by atoms with Gasteiger partial charge in [-0.15, -0.1) is 5.10 Å². The third-order valence-corrected chi connectivity index (χ3v) is 5.75. The molecule has 1 N–H and O–H groups in total. The van der Waals surface area contributed by atoms with Crippen LogP contribution in [0.25, 0.3) is 5.69 Å². The van der Waals surface area contributed by atoms with Crippen LogP contribution in [0.5, 0.6) is 0 Å². The first kappa shape index (κ1) is 19.1. The molecule has 1 aromatic heterocycles. The molecule has 8 nitrogen and oxygen atoms in total. The van der Waals surface area contributed by atoms with Crippen LogP contribution in [-0.2, 0) is 14.6 Å². The second-order valence-electron chi connectivity index (χ2n) is 5.76. The van der Waals surface area contributed by atoms with E-state index in [-0.39, 0.29) is 22.2 Å². The molecule has 0 aliphatic rings. The number of para-hydroxylation sites is 2. The minimum atomic E-state index is -3.44. The van der Waals surface area contributed by atoms with Gasteiger partial charge in [-0.25, -0.2) is 8.42 Å². The Bertz CT molecular complexity index is 1080. The third kappa shape index (κ3) is 4.52. The maximum atomic E-state index is 12.3. The van der Waals surface area contributed by atoms with Crippen LogP contribution in [0.3, 0.4) is 0 Å². The van der Waals surface area contributed by atoms with E-state index in [9.17, 15) is 13.2 Å². The van der Waals surface area contributed by atoms with Crippen LogP contribution in [-0.4, -0.2) is 46.5 Å². The van der Waals surface area contributed by atoms with Crippen molar-refractivity contribution in [1.82, 2.24) is 20.2 Å². The van der Waals surface area contributed by atoms with E-state index in [1.807, 2.05) is 31.2 Å². The molecular formula is C17H17N5O3S2. The van der Waals surface area contributed by atoms with Crippen molar-refractivity contribution in [3.63, 3.8) is 0 Å². The highest BCUT2D eigenvalue weighted by molar-refractivity contribution is 7.99. The number of nitrogens with one attached hydrogen (secondary N) is 1. The quantitative estimate of drug-likeness (QED) is 0.628. The van der Waals surface area contributed by atoms with E-state index in [0.717, 1.165) is 29.3 Å². The number of carbonyl (C=O) groups excluding carboxylic acids is 1. The Morgan fingerprint density at radius 2 is 1.85 bits per heavy atom. The van der Waals surface area contributed by atoms with E-state index in [4.69, 9.17) is 0 Å². The first-order chi connectivity index (χ1) is 12.9. The summed E-state index contributed by atoms with van der Waals surface area (Å²) in [6.07, 6.45) is 1.10. The molecule has 0 bridgehead atoms. The summed E-state index contributed by atoms with van der Waals surface area (Å²) in [4.78, 5) is 12.4. The lowest BCUT2D eigenvalue weighted by Crippen LogP contribution is -2.16. The number of rotatable bonds is 6. The summed E-state index contributed by atoms with van der Waals surface area (Å²) >= 11 is 1.16. The van der Waals surface area contributed by atoms with Gasteiger partial charge in [0.25, 0.3) is 0 Å². The van der Waals surface area contributed by atoms with Gasteiger partial charge in [-0.05, 0) is 41.1 Å². The van der Waals surface area contributed by atoms with E-state index < -0.39 is 9.84 Å². The van der Waals surface area contributed by atoms with E-state index in [0.29, 0.717) is 5.16 Å². The SMILES string of the molecule is Cc1ccccc1-n1nnnc1SCC(=O)Nc1ccccc1S(C)(=O)=O. The Kier molecular flexibility index (Phi) is 5.57. The first-order valence-electron chi connectivity index (χ1n) is 7.92. The summed E-state index contributed by atoms with van der Waals surface area (Å²) in [5.41, 5.74) is 2.08. The molecule has 10 heteroatoms. The average Bonchev–Trinajstić information content (AvgIpc) is 3.08. The van der Waals surface area contributed by atoms with Crippen LogP contribution in [0.1, 0.15) is 5.56 Å². The van der Waals surface area contributed by atoms with Gasteiger partial charge in [-0.2, -0.15) is 4.68 Å². The number of tetrazole rings is 1. The molecule has 0 radical (unpaired) electrons. The van der Waals surface area contributed by atoms with Crippen LogP contribution >= 0.6 is 11.8 Å². The number of thioether (sulfide) groups is 1. The number of anilines is 1. The molecule has 140 valence electrons. The van der Waals surface area contributed by atoms with Crippen LogP contribution in [0.4, 0.5) is 5.69 Å². The summed E-state index contributed by atoms with van der Waals surface area (Å²) < 4.78 is 25.2. The van der Waals surface area contributed by atoms with Crippen molar-refractivity contribution in [3.05, 3.63) is 54.1 Å². The number of carbonyl (C=O) groups is 1. The van der Waals surface area contributed by atoms with Crippen LogP contribution < -0.4 is 5.32 Å². The molecule has 0 unspecified atom stereocenters. The zero-order valence-corrected chi connectivity index (χ0v) is 16.3. The lowest BCUT2D eigenvalue weighted by atomic mass is 10.2. The summed E-state index contributed by atoms with van der Waals surface area (Å²) in [6.45, 7) is 1.94. The molecule has 0 spiro atoms. The van der Waals surface area contributed by atoms with Gasteiger partial charge >= 0.3 is 0 Å². The van der Waals surface area contributed by atoms with Crippen molar-refractivity contribution in [2.45, 2.75) is 17.0 Å². The monoisotopic (exact) mass is 403 g/mol. The van der Waals surface area contributed by atoms with E-state index in [1.165, 1.54) is 6.07 Å². The second kappa shape index (κ2) is 7.89. The van der Waals surface area contributed by atoms with Crippen molar-refractivity contribution in [2.75, 3.05) is 17.3 Å². The Morgan fingerprint density at radius 3 is 2.59 bits per heavy atom. The summed E-state index contributed by atoms with van der Waals surface area (Å²) in [7, 11) is -3.44. The van der Waals surface area contributed by atoms with Gasteiger partial charge in [0.1, 0.15) is 0 Å². The summed E-state index contributed by atoms with van der Waals surface area (Å²) in [6, 6.07) is 13.9. The van der Waals surface area contributed by atoms with Gasteiger partial charge in [0.2, 0.25) is 11.1 Å². The maximum absolute atomic E-state index is 12.3. The van der Waals surface area contributed by atoms with Gasteiger partial charge in [0.15, 0.2) is 9.84 Å². The number of sulfone groups is 1. The zero-order valence-electron chi connectivity index (χ0n) is 14.7. The van der Waals surface area contributed by atoms with E-state index >= 15 is 0 Å². The summed E-state index contributed by atoms with van der Waals surface area (Å²) in [5.74, 6) is -0.319. The number of nitrogens with zero attached hydrogens (tertiary/aromatic N) is 4. The molecule has 0 saturated heterocycles. The van der Waals surface area contributed by atoms with Crippen molar-refractivity contribution in [3.8, 4) is 5.69 Å². The number of benzene rings is 2. The van der Waals surface area contributed by atoms with Crippen LogP contribution in [0, 0.1) is 6.92 Å². The molecule has 2 aromatic carbocycles. The van der Waals surface area contributed by atoms with Gasteiger partial charge in [0, 0.05) is 6.26 Å².